The summed E-state index contributed by atoms with van der Waals surface area (Å²) in [5.74, 6) is -0.520. The number of benzene rings is 1. The molecule has 4 N–H and O–H groups in total. The van der Waals surface area contributed by atoms with Crippen LogP contribution in [0, 0.1) is 17.2 Å². The van der Waals surface area contributed by atoms with Gasteiger partial charge in [-0.2, -0.15) is 0 Å². The van der Waals surface area contributed by atoms with Crippen LogP contribution in [0.1, 0.15) is 42.5 Å². The smallest absolute Gasteiger partial charge is 0.310 e. The molecule has 2 aliphatic rings. The number of amides is 1. The van der Waals surface area contributed by atoms with Crippen LogP contribution in [0.15, 0.2) is 47.4 Å². The van der Waals surface area contributed by atoms with Gasteiger partial charge in [0.25, 0.3) is 5.91 Å². The molecule has 9 nitrogen and oxygen atoms in total. The van der Waals surface area contributed by atoms with Gasteiger partial charge in [0.15, 0.2) is 5.96 Å². The second kappa shape index (κ2) is 10.8. The van der Waals surface area contributed by atoms with Crippen LogP contribution in [-0.2, 0) is 9.53 Å². The molecule has 1 aromatic heterocycles. The number of likely N-dealkylation sites (tertiary alicyclic amines) is 2. The third kappa shape index (κ3) is 5.55. The summed E-state index contributed by atoms with van der Waals surface area (Å²) in [5, 5.41) is 7.76. The molecule has 0 radical (unpaired) electrons. The van der Waals surface area contributed by atoms with Gasteiger partial charge in [-0.05, 0) is 67.3 Å². The molecule has 2 fully saturated rings. The van der Waals surface area contributed by atoms with Crippen molar-refractivity contribution in [3.05, 3.63) is 58.5 Å². The predicted molar refractivity (Wildman–Crippen MR) is 133 cm³/mol. The summed E-state index contributed by atoms with van der Waals surface area (Å²) >= 11 is 0. The minimum absolute atomic E-state index is 0.0623. The van der Waals surface area contributed by atoms with E-state index >= 15 is 0 Å². The largest absolute Gasteiger partial charge is 0.469 e. The molecule has 2 aromatic rings. The SMILES string of the molecule is COC(=O)C(CC1CCCN(C(=N)N)C1)C1CCCN1C(=O)c1ccc(-c2ccc(=O)[nH]c2)cc1. The first-order valence-electron chi connectivity index (χ1n) is 12.1. The summed E-state index contributed by atoms with van der Waals surface area (Å²) in [7, 11) is 1.40. The lowest BCUT2D eigenvalue weighted by Crippen LogP contribution is -2.47. The van der Waals surface area contributed by atoms with Gasteiger partial charge in [0, 0.05) is 43.5 Å². The van der Waals surface area contributed by atoms with Gasteiger partial charge in [-0.1, -0.05) is 12.1 Å². The molecule has 3 heterocycles. The van der Waals surface area contributed by atoms with Crippen molar-refractivity contribution >= 4 is 17.8 Å². The molecule has 3 atom stereocenters. The van der Waals surface area contributed by atoms with E-state index in [1.807, 2.05) is 21.9 Å². The highest BCUT2D eigenvalue weighted by molar-refractivity contribution is 5.95. The molecular formula is C26H33N5O4. The predicted octanol–water partition coefficient (Wildman–Crippen LogP) is 2.43. The van der Waals surface area contributed by atoms with Crippen LogP contribution in [0.3, 0.4) is 0 Å². The maximum atomic E-state index is 13.5. The Labute approximate surface area is 204 Å². The zero-order valence-corrected chi connectivity index (χ0v) is 20.0. The molecule has 0 saturated carbocycles. The molecule has 2 aliphatic heterocycles. The van der Waals surface area contributed by atoms with Gasteiger partial charge >= 0.3 is 5.97 Å². The molecule has 9 heteroatoms. The Hall–Kier alpha value is -3.62. The Balaban J connectivity index is 1.50. The third-order valence-electron chi connectivity index (χ3n) is 7.22. The van der Waals surface area contributed by atoms with E-state index < -0.39 is 5.92 Å². The molecule has 0 spiro atoms. The number of H-pyrrole nitrogens is 1. The zero-order valence-electron chi connectivity index (χ0n) is 20.0. The van der Waals surface area contributed by atoms with Crippen molar-refractivity contribution in [3.63, 3.8) is 0 Å². The summed E-state index contributed by atoms with van der Waals surface area (Å²) in [4.78, 5) is 44.0. The average molecular weight is 480 g/mol. The number of ether oxygens (including phenoxy) is 1. The highest BCUT2D eigenvalue weighted by Gasteiger charge is 2.41. The number of guanidine groups is 1. The second-order valence-electron chi connectivity index (χ2n) is 9.43. The minimum Gasteiger partial charge on any atom is -0.469 e. The van der Waals surface area contributed by atoms with E-state index in [1.165, 1.54) is 13.2 Å². The van der Waals surface area contributed by atoms with Crippen molar-refractivity contribution in [1.82, 2.24) is 14.8 Å². The van der Waals surface area contributed by atoms with E-state index in [9.17, 15) is 14.4 Å². The normalized spacial score (nSPS) is 20.9. The monoisotopic (exact) mass is 479 g/mol. The van der Waals surface area contributed by atoms with Crippen LogP contribution in [0.5, 0.6) is 0 Å². The first kappa shape index (κ1) is 24.5. The lowest BCUT2D eigenvalue weighted by Gasteiger charge is -2.37. The summed E-state index contributed by atoms with van der Waals surface area (Å²) in [6.07, 6.45) is 5.73. The van der Waals surface area contributed by atoms with Crippen LogP contribution in [0.2, 0.25) is 0 Å². The average Bonchev–Trinajstić information content (AvgIpc) is 3.36. The number of carbonyl (C=O) groups excluding carboxylic acids is 2. The number of methoxy groups -OCH3 is 1. The molecule has 2 saturated heterocycles. The van der Waals surface area contributed by atoms with E-state index in [2.05, 4.69) is 4.98 Å². The molecule has 1 amide bonds. The Morgan fingerprint density at radius 2 is 1.83 bits per heavy atom. The standard InChI is InChI=1S/C26H33N5O4/c1-35-25(34)21(14-17-4-2-12-30(16-17)26(27)28)22-5-3-13-31(22)24(33)19-8-6-18(7-9-19)20-10-11-23(32)29-15-20/h6-11,15,17,21-22H,2-5,12-14,16H2,1H3,(H3,27,28)(H,29,32). The number of esters is 1. The van der Waals surface area contributed by atoms with Crippen LogP contribution < -0.4 is 11.3 Å². The number of nitrogens with zero attached hydrogens (tertiary/aromatic N) is 2. The van der Waals surface area contributed by atoms with E-state index in [4.69, 9.17) is 15.9 Å². The number of pyridine rings is 1. The van der Waals surface area contributed by atoms with Crippen molar-refractivity contribution in [2.45, 2.75) is 38.1 Å². The number of hydrogen-bond acceptors (Lipinski definition) is 5. The fourth-order valence-corrected chi connectivity index (χ4v) is 5.42. The van der Waals surface area contributed by atoms with Crippen molar-refractivity contribution in [2.75, 3.05) is 26.7 Å². The number of aromatic nitrogens is 1. The summed E-state index contributed by atoms with van der Waals surface area (Å²) < 4.78 is 5.16. The van der Waals surface area contributed by atoms with Crippen LogP contribution in [0.4, 0.5) is 0 Å². The third-order valence-corrected chi connectivity index (χ3v) is 7.22. The highest BCUT2D eigenvalue weighted by atomic mass is 16.5. The number of hydrogen-bond donors (Lipinski definition) is 3. The molecule has 3 unspecified atom stereocenters. The topological polar surface area (TPSA) is 133 Å². The van der Waals surface area contributed by atoms with Gasteiger partial charge in [-0.15, -0.1) is 0 Å². The Kier molecular flexibility index (Phi) is 7.53. The van der Waals surface area contributed by atoms with Crippen molar-refractivity contribution in [2.24, 2.45) is 17.6 Å². The summed E-state index contributed by atoms with van der Waals surface area (Å²) in [6.45, 7) is 2.01. The highest BCUT2D eigenvalue weighted by Crippen LogP contribution is 2.33. The van der Waals surface area contributed by atoms with E-state index in [-0.39, 0.29) is 35.4 Å². The lowest BCUT2D eigenvalue weighted by molar-refractivity contribution is -0.148. The van der Waals surface area contributed by atoms with E-state index in [0.717, 1.165) is 43.4 Å². The van der Waals surface area contributed by atoms with Crippen molar-refractivity contribution < 1.29 is 14.3 Å². The number of nitrogens with two attached hydrogens (primary N) is 1. The van der Waals surface area contributed by atoms with Gasteiger partial charge in [-0.3, -0.25) is 19.8 Å². The zero-order chi connectivity index (χ0) is 24.9. The quantitative estimate of drug-likeness (QED) is 0.331. The molecule has 0 aliphatic carbocycles. The number of rotatable bonds is 6. The molecule has 4 rings (SSSR count). The van der Waals surface area contributed by atoms with E-state index in [0.29, 0.717) is 25.1 Å². The molecule has 186 valence electrons. The Bertz CT molecular complexity index is 1110. The van der Waals surface area contributed by atoms with E-state index in [1.54, 1.807) is 24.4 Å². The van der Waals surface area contributed by atoms with Gasteiger partial charge in [0.05, 0.1) is 13.0 Å². The number of carbonyl (C=O) groups is 2. The van der Waals surface area contributed by atoms with Gasteiger partial charge in [0.2, 0.25) is 5.56 Å². The van der Waals surface area contributed by atoms with Crippen LogP contribution in [0.25, 0.3) is 11.1 Å². The minimum atomic E-state index is -0.413. The molecule has 1 aromatic carbocycles. The maximum absolute atomic E-state index is 13.5. The van der Waals surface area contributed by atoms with Crippen molar-refractivity contribution in [1.29, 1.82) is 5.41 Å². The number of aromatic amines is 1. The van der Waals surface area contributed by atoms with Crippen molar-refractivity contribution in [3.8, 4) is 11.1 Å². The second-order valence-corrected chi connectivity index (χ2v) is 9.43. The fourth-order valence-electron chi connectivity index (χ4n) is 5.42. The fraction of sp³-hybridized carbons (Fsp3) is 0.462. The lowest BCUT2D eigenvalue weighted by atomic mass is 9.83. The number of nitrogens with one attached hydrogen (secondary N) is 2. The first-order chi connectivity index (χ1) is 16.9. The summed E-state index contributed by atoms with van der Waals surface area (Å²) in [5.41, 5.74) is 7.86. The summed E-state index contributed by atoms with van der Waals surface area (Å²) in [6, 6.07) is 10.3. The van der Waals surface area contributed by atoms with Gasteiger partial charge < -0.3 is 25.3 Å². The Morgan fingerprint density at radius 3 is 2.49 bits per heavy atom. The van der Waals surface area contributed by atoms with Gasteiger partial charge in [-0.25, -0.2) is 0 Å². The van der Waals surface area contributed by atoms with Gasteiger partial charge in [0.1, 0.15) is 0 Å². The molecular weight excluding hydrogens is 446 g/mol. The Morgan fingerprint density at radius 1 is 1.11 bits per heavy atom. The van der Waals surface area contributed by atoms with Crippen LogP contribution in [-0.4, -0.2) is 65.4 Å². The molecule has 0 bridgehead atoms. The van der Waals surface area contributed by atoms with Crippen LogP contribution >= 0.6 is 0 Å². The maximum Gasteiger partial charge on any atom is 0.310 e. The molecule has 35 heavy (non-hydrogen) atoms. The number of piperidine rings is 1. The first-order valence-corrected chi connectivity index (χ1v) is 12.1.